The molecule has 0 radical (unpaired) electrons. The summed E-state index contributed by atoms with van der Waals surface area (Å²) >= 11 is 5.38. The highest BCUT2D eigenvalue weighted by atomic mass is 79.9. The van der Waals surface area contributed by atoms with E-state index in [0.717, 1.165) is 12.6 Å². The summed E-state index contributed by atoms with van der Waals surface area (Å²) in [5, 5.41) is 2.17. The molecule has 1 aliphatic carbocycles. The molecule has 17 heavy (non-hydrogen) atoms. The van der Waals surface area contributed by atoms with Gasteiger partial charge in [-0.15, -0.1) is 11.3 Å². The van der Waals surface area contributed by atoms with Crippen LogP contribution in [0.4, 0.5) is 0 Å². The van der Waals surface area contributed by atoms with Crippen molar-refractivity contribution in [3.8, 4) is 0 Å². The van der Waals surface area contributed by atoms with E-state index in [2.05, 4.69) is 53.2 Å². The maximum Gasteiger partial charge on any atom is 0.0328 e. The molecule has 1 heterocycles. The van der Waals surface area contributed by atoms with Crippen LogP contribution in [-0.2, 0) is 6.54 Å². The smallest absolute Gasteiger partial charge is 0.0328 e. The Morgan fingerprint density at radius 1 is 1.41 bits per heavy atom. The van der Waals surface area contributed by atoms with E-state index in [1.165, 1.54) is 35.0 Å². The minimum absolute atomic E-state index is 0.573. The maximum absolute atomic E-state index is 3.52. The first kappa shape index (κ1) is 13.6. The molecule has 0 atom stereocenters. The van der Waals surface area contributed by atoms with Gasteiger partial charge >= 0.3 is 0 Å². The third-order valence-electron chi connectivity index (χ3n) is 3.96. The van der Waals surface area contributed by atoms with Crippen molar-refractivity contribution in [2.45, 2.75) is 52.1 Å². The van der Waals surface area contributed by atoms with Gasteiger partial charge in [-0.05, 0) is 60.1 Å². The Kier molecular flexibility index (Phi) is 4.32. The highest BCUT2D eigenvalue weighted by Crippen LogP contribution is 2.37. The average Bonchev–Trinajstić information content (AvgIpc) is 2.63. The van der Waals surface area contributed by atoms with Crippen LogP contribution in [0, 0.1) is 5.41 Å². The van der Waals surface area contributed by atoms with Crippen LogP contribution < -0.4 is 0 Å². The van der Waals surface area contributed by atoms with Gasteiger partial charge in [0.05, 0.1) is 0 Å². The van der Waals surface area contributed by atoms with Crippen molar-refractivity contribution in [2.75, 3.05) is 7.05 Å². The van der Waals surface area contributed by atoms with E-state index in [0.29, 0.717) is 5.41 Å². The normalized spacial score (nSPS) is 21.0. The van der Waals surface area contributed by atoms with Gasteiger partial charge in [-0.2, -0.15) is 0 Å². The Hall–Kier alpha value is 0.140. The van der Waals surface area contributed by atoms with E-state index >= 15 is 0 Å². The lowest BCUT2D eigenvalue weighted by Crippen LogP contribution is -2.36. The summed E-state index contributed by atoms with van der Waals surface area (Å²) in [7, 11) is 2.27. The molecule has 0 amide bonds. The van der Waals surface area contributed by atoms with Crippen LogP contribution in [-0.4, -0.2) is 18.0 Å². The zero-order valence-electron chi connectivity index (χ0n) is 11.0. The quantitative estimate of drug-likeness (QED) is 0.766. The fraction of sp³-hybridized carbons (Fsp3) is 0.714. The molecule has 1 aliphatic rings. The van der Waals surface area contributed by atoms with E-state index in [1.807, 2.05) is 11.3 Å². The SMILES string of the molecule is CN(Cc1cc(Br)cs1)C1CCC(C)(C)CC1. The van der Waals surface area contributed by atoms with Gasteiger partial charge in [0, 0.05) is 27.3 Å². The zero-order valence-corrected chi connectivity index (χ0v) is 13.4. The fourth-order valence-electron chi connectivity index (χ4n) is 2.64. The third kappa shape index (κ3) is 3.80. The Morgan fingerprint density at radius 3 is 2.59 bits per heavy atom. The standard InChI is InChI=1S/C14H22BrNS/c1-14(2)6-4-12(5-7-14)16(3)9-13-8-11(15)10-17-13/h8,10,12H,4-7,9H2,1-3H3. The Labute approximate surface area is 117 Å². The maximum atomic E-state index is 3.52. The van der Waals surface area contributed by atoms with Crippen molar-refractivity contribution in [1.82, 2.24) is 4.90 Å². The molecular formula is C14H22BrNS. The number of halogens is 1. The van der Waals surface area contributed by atoms with Crippen LogP contribution in [0.25, 0.3) is 0 Å². The fourth-order valence-corrected chi connectivity index (χ4v) is 4.15. The topological polar surface area (TPSA) is 3.24 Å². The molecule has 1 saturated carbocycles. The van der Waals surface area contributed by atoms with Crippen molar-refractivity contribution in [3.05, 3.63) is 20.8 Å². The van der Waals surface area contributed by atoms with Gasteiger partial charge in [0.2, 0.25) is 0 Å². The zero-order chi connectivity index (χ0) is 12.5. The molecule has 3 heteroatoms. The van der Waals surface area contributed by atoms with E-state index in [1.54, 1.807) is 0 Å². The Bertz CT molecular complexity index is 362. The van der Waals surface area contributed by atoms with Crippen molar-refractivity contribution in [3.63, 3.8) is 0 Å². The second-order valence-electron chi connectivity index (χ2n) is 6.04. The molecule has 0 N–H and O–H groups in total. The summed E-state index contributed by atoms with van der Waals surface area (Å²) in [5.74, 6) is 0. The molecule has 0 aromatic carbocycles. The number of rotatable bonds is 3. The van der Waals surface area contributed by atoms with Gasteiger partial charge < -0.3 is 0 Å². The predicted octanol–water partition coefficient (Wildman–Crippen LogP) is 4.91. The van der Waals surface area contributed by atoms with Crippen LogP contribution in [0.3, 0.4) is 0 Å². The Balaban J connectivity index is 1.87. The number of thiophene rings is 1. The van der Waals surface area contributed by atoms with Crippen molar-refractivity contribution < 1.29 is 0 Å². The van der Waals surface area contributed by atoms with Crippen LogP contribution in [0.5, 0.6) is 0 Å². The van der Waals surface area contributed by atoms with Gasteiger partial charge in [0.25, 0.3) is 0 Å². The molecule has 0 spiro atoms. The number of hydrogen-bond acceptors (Lipinski definition) is 2. The largest absolute Gasteiger partial charge is 0.298 e. The average molecular weight is 316 g/mol. The first-order valence-electron chi connectivity index (χ1n) is 6.39. The van der Waals surface area contributed by atoms with Gasteiger partial charge in [0.1, 0.15) is 0 Å². The van der Waals surface area contributed by atoms with Gasteiger partial charge in [0.15, 0.2) is 0 Å². The number of hydrogen-bond donors (Lipinski definition) is 0. The Morgan fingerprint density at radius 2 is 2.06 bits per heavy atom. The summed E-state index contributed by atoms with van der Waals surface area (Å²) in [5.41, 5.74) is 0.573. The first-order chi connectivity index (χ1) is 7.96. The molecule has 1 aromatic rings. The van der Waals surface area contributed by atoms with E-state index in [9.17, 15) is 0 Å². The first-order valence-corrected chi connectivity index (χ1v) is 8.07. The lowest BCUT2D eigenvalue weighted by atomic mass is 9.75. The molecule has 0 bridgehead atoms. The summed E-state index contributed by atoms with van der Waals surface area (Å²) in [6, 6.07) is 3.03. The van der Waals surface area contributed by atoms with E-state index in [4.69, 9.17) is 0 Å². The molecular weight excluding hydrogens is 294 g/mol. The summed E-state index contributed by atoms with van der Waals surface area (Å²) in [4.78, 5) is 4.00. The highest BCUT2D eigenvalue weighted by Gasteiger charge is 2.28. The molecule has 2 rings (SSSR count). The number of nitrogens with zero attached hydrogens (tertiary/aromatic N) is 1. The van der Waals surface area contributed by atoms with Crippen LogP contribution >= 0.6 is 27.3 Å². The lowest BCUT2D eigenvalue weighted by molar-refractivity contribution is 0.124. The summed E-state index contributed by atoms with van der Waals surface area (Å²) in [6.45, 7) is 5.90. The lowest BCUT2D eigenvalue weighted by Gasteiger charge is -2.38. The summed E-state index contributed by atoms with van der Waals surface area (Å²) in [6.07, 6.45) is 5.46. The molecule has 96 valence electrons. The van der Waals surface area contributed by atoms with Crippen LogP contribution in [0.15, 0.2) is 15.9 Å². The third-order valence-corrected chi connectivity index (χ3v) is 5.64. The van der Waals surface area contributed by atoms with Crippen LogP contribution in [0.2, 0.25) is 0 Å². The van der Waals surface area contributed by atoms with Gasteiger partial charge in [-0.1, -0.05) is 13.8 Å². The molecule has 1 aromatic heterocycles. The molecule has 0 saturated heterocycles. The second-order valence-corrected chi connectivity index (χ2v) is 7.95. The highest BCUT2D eigenvalue weighted by molar-refractivity contribution is 9.10. The summed E-state index contributed by atoms with van der Waals surface area (Å²) < 4.78 is 1.22. The van der Waals surface area contributed by atoms with Gasteiger partial charge in [-0.3, -0.25) is 4.90 Å². The molecule has 1 fully saturated rings. The monoisotopic (exact) mass is 315 g/mol. The molecule has 0 unspecified atom stereocenters. The van der Waals surface area contributed by atoms with Crippen molar-refractivity contribution >= 4 is 27.3 Å². The predicted molar refractivity (Wildman–Crippen MR) is 79.5 cm³/mol. The van der Waals surface area contributed by atoms with Crippen molar-refractivity contribution in [2.24, 2.45) is 5.41 Å². The van der Waals surface area contributed by atoms with E-state index < -0.39 is 0 Å². The minimum atomic E-state index is 0.573. The minimum Gasteiger partial charge on any atom is -0.298 e. The van der Waals surface area contributed by atoms with E-state index in [-0.39, 0.29) is 0 Å². The second kappa shape index (κ2) is 5.41. The van der Waals surface area contributed by atoms with Gasteiger partial charge in [-0.25, -0.2) is 0 Å². The van der Waals surface area contributed by atoms with Crippen LogP contribution in [0.1, 0.15) is 44.4 Å². The van der Waals surface area contributed by atoms with Crippen molar-refractivity contribution in [1.29, 1.82) is 0 Å². The molecule has 0 aliphatic heterocycles. The molecule has 1 nitrogen and oxygen atoms in total.